The average molecular weight is 389 g/mol. The van der Waals surface area contributed by atoms with Crippen LogP contribution in [0, 0.1) is 11.7 Å². The van der Waals surface area contributed by atoms with Crippen LogP contribution < -0.4 is 9.88 Å². The van der Waals surface area contributed by atoms with Crippen LogP contribution in [0.5, 0.6) is 5.75 Å². The summed E-state index contributed by atoms with van der Waals surface area (Å²) in [7, 11) is -3.77. The van der Waals surface area contributed by atoms with Crippen molar-refractivity contribution in [3.63, 3.8) is 0 Å². The summed E-state index contributed by atoms with van der Waals surface area (Å²) in [6, 6.07) is 8.33. The number of ether oxygens (including phenoxy) is 1. The molecule has 0 saturated heterocycles. The largest absolute Gasteiger partial charge is 0.493 e. The molecule has 26 heavy (non-hydrogen) atoms. The first-order chi connectivity index (χ1) is 12.1. The quantitative estimate of drug-likeness (QED) is 0.794. The van der Waals surface area contributed by atoms with Gasteiger partial charge in [-0.15, -0.1) is 0 Å². The fraction of sp³-hybridized carbons (Fsp3) is 0.294. The third-order valence-corrected chi connectivity index (χ3v) is 5.19. The maximum Gasteiger partial charge on any atom is 0.420 e. The van der Waals surface area contributed by atoms with Crippen molar-refractivity contribution in [3.05, 3.63) is 59.4 Å². The molecule has 0 amide bonds. The Bertz CT molecular complexity index is 911. The Morgan fingerprint density at radius 3 is 2.35 bits per heavy atom. The number of primary sulfonamides is 1. The average Bonchev–Trinajstić information content (AvgIpc) is 3.32. The number of hydrogen-bond donors (Lipinski definition) is 1. The third kappa shape index (κ3) is 4.16. The summed E-state index contributed by atoms with van der Waals surface area (Å²) in [5.41, 5.74) is -0.284. The molecule has 0 bridgehead atoms. The monoisotopic (exact) mass is 389 g/mol. The van der Waals surface area contributed by atoms with Crippen molar-refractivity contribution in [2.75, 3.05) is 6.61 Å². The number of benzene rings is 2. The van der Waals surface area contributed by atoms with Gasteiger partial charge in [-0.2, -0.15) is 13.2 Å². The first-order valence-electron chi connectivity index (χ1n) is 7.68. The lowest BCUT2D eigenvalue weighted by molar-refractivity contribution is -0.139. The van der Waals surface area contributed by atoms with E-state index in [4.69, 9.17) is 9.88 Å². The Morgan fingerprint density at radius 2 is 1.77 bits per heavy atom. The van der Waals surface area contributed by atoms with Gasteiger partial charge in [0.05, 0.1) is 11.5 Å². The van der Waals surface area contributed by atoms with Crippen LogP contribution in [0.4, 0.5) is 17.6 Å². The molecule has 1 aliphatic carbocycles. The van der Waals surface area contributed by atoms with E-state index < -0.39 is 33.3 Å². The van der Waals surface area contributed by atoms with Crippen molar-refractivity contribution in [1.82, 2.24) is 0 Å². The Morgan fingerprint density at radius 1 is 1.12 bits per heavy atom. The maximum absolute atomic E-state index is 13.1. The Kier molecular flexibility index (Phi) is 4.70. The van der Waals surface area contributed by atoms with E-state index in [0.717, 1.165) is 17.7 Å². The van der Waals surface area contributed by atoms with Crippen molar-refractivity contribution in [2.45, 2.75) is 23.4 Å². The van der Waals surface area contributed by atoms with E-state index >= 15 is 0 Å². The minimum Gasteiger partial charge on any atom is -0.493 e. The van der Waals surface area contributed by atoms with Gasteiger partial charge in [0.1, 0.15) is 17.1 Å². The van der Waals surface area contributed by atoms with Crippen LogP contribution in [-0.4, -0.2) is 15.0 Å². The SMILES string of the molecule is NS(=O)(=O)c1ccc([C@@H]2C[C@H]2COc2ccc(F)cc2C(F)(F)F)cc1. The summed E-state index contributed by atoms with van der Waals surface area (Å²) >= 11 is 0. The molecule has 2 atom stereocenters. The van der Waals surface area contributed by atoms with Gasteiger partial charge < -0.3 is 4.74 Å². The first kappa shape index (κ1) is 18.7. The van der Waals surface area contributed by atoms with Crippen molar-refractivity contribution in [1.29, 1.82) is 0 Å². The number of rotatable bonds is 5. The molecule has 0 heterocycles. The van der Waals surface area contributed by atoms with Gasteiger partial charge in [0.2, 0.25) is 10.0 Å². The van der Waals surface area contributed by atoms with Crippen LogP contribution in [-0.2, 0) is 16.2 Å². The second-order valence-corrected chi connectivity index (χ2v) is 7.73. The summed E-state index contributed by atoms with van der Waals surface area (Å²) in [6.45, 7) is 0.0519. The molecular formula is C17H15F4NO3S. The molecule has 0 aliphatic heterocycles. The Hall–Kier alpha value is -2.13. The first-order valence-corrected chi connectivity index (χ1v) is 9.22. The molecule has 1 saturated carbocycles. The van der Waals surface area contributed by atoms with Gasteiger partial charge in [-0.05, 0) is 48.2 Å². The number of halogens is 4. The molecule has 1 aliphatic rings. The molecule has 2 aromatic rings. The fourth-order valence-corrected chi connectivity index (χ4v) is 3.31. The zero-order valence-corrected chi connectivity index (χ0v) is 14.1. The fourth-order valence-electron chi connectivity index (χ4n) is 2.79. The molecule has 0 radical (unpaired) electrons. The van der Waals surface area contributed by atoms with Crippen molar-refractivity contribution in [3.8, 4) is 5.75 Å². The van der Waals surface area contributed by atoms with E-state index in [1.807, 2.05) is 0 Å². The molecule has 0 unspecified atom stereocenters. The molecule has 140 valence electrons. The standard InChI is InChI=1S/C17H15F4NO3S/c18-12-3-6-16(15(8-12)17(19,20)21)25-9-11-7-14(11)10-1-4-13(5-2-10)26(22,23)24/h1-6,8,11,14H,7,9H2,(H2,22,23,24)/t11-,14-/m0/s1. The molecule has 0 aromatic heterocycles. The predicted octanol–water partition coefficient (Wildman–Crippen LogP) is 3.67. The minimum atomic E-state index is -4.70. The highest BCUT2D eigenvalue weighted by Crippen LogP contribution is 2.48. The molecule has 9 heteroatoms. The van der Waals surface area contributed by atoms with E-state index in [0.29, 0.717) is 12.5 Å². The normalized spacial score (nSPS) is 20.0. The van der Waals surface area contributed by atoms with E-state index in [1.165, 1.54) is 12.1 Å². The Balaban J connectivity index is 1.65. The number of nitrogens with two attached hydrogens (primary N) is 1. The van der Waals surface area contributed by atoms with Gasteiger partial charge >= 0.3 is 6.18 Å². The highest BCUT2D eigenvalue weighted by molar-refractivity contribution is 7.89. The summed E-state index contributed by atoms with van der Waals surface area (Å²) in [5, 5.41) is 5.03. The van der Waals surface area contributed by atoms with Crippen LogP contribution in [0.25, 0.3) is 0 Å². The minimum absolute atomic E-state index is 0.00136. The summed E-state index contributed by atoms with van der Waals surface area (Å²) in [6.07, 6.45) is -4.00. The number of hydrogen-bond acceptors (Lipinski definition) is 3. The van der Waals surface area contributed by atoms with Crippen molar-refractivity contribution in [2.24, 2.45) is 11.1 Å². The van der Waals surface area contributed by atoms with E-state index in [9.17, 15) is 26.0 Å². The number of sulfonamides is 1. The lowest BCUT2D eigenvalue weighted by Gasteiger charge is -2.14. The molecule has 0 spiro atoms. The van der Waals surface area contributed by atoms with Gasteiger partial charge in [-0.25, -0.2) is 17.9 Å². The van der Waals surface area contributed by atoms with E-state index in [2.05, 4.69) is 0 Å². The molecule has 2 aromatic carbocycles. The van der Waals surface area contributed by atoms with Crippen molar-refractivity contribution >= 4 is 10.0 Å². The van der Waals surface area contributed by atoms with Crippen LogP contribution in [0.15, 0.2) is 47.4 Å². The predicted molar refractivity (Wildman–Crippen MR) is 85.6 cm³/mol. The van der Waals surface area contributed by atoms with Crippen LogP contribution >= 0.6 is 0 Å². The van der Waals surface area contributed by atoms with E-state index in [1.54, 1.807) is 12.1 Å². The van der Waals surface area contributed by atoms with Gasteiger partial charge in [0.25, 0.3) is 0 Å². The van der Waals surface area contributed by atoms with Gasteiger partial charge in [-0.1, -0.05) is 12.1 Å². The summed E-state index contributed by atoms with van der Waals surface area (Å²) < 4.78 is 79.6. The van der Waals surface area contributed by atoms with Crippen LogP contribution in [0.1, 0.15) is 23.5 Å². The zero-order valence-electron chi connectivity index (χ0n) is 13.3. The topological polar surface area (TPSA) is 69.4 Å². The van der Waals surface area contributed by atoms with Gasteiger partial charge in [-0.3, -0.25) is 0 Å². The van der Waals surface area contributed by atoms with Gasteiger partial charge in [0.15, 0.2) is 0 Å². The Labute approximate surface area is 147 Å². The zero-order chi connectivity index (χ0) is 19.1. The second kappa shape index (κ2) is 6.55. The highest BCUT2D eigenvalue weighted by atomic mass is 32.2. The lowest BCUT2D eigenvalue weighted by Crippen LogP contribution is -2.12. The van der Waals surface area contributed by atoms with Crippen molar-refractivity contribution < 1.29 is 30.7 Å². The van der Waals surface area contributed by atoms with Gasteiger partial charge in [0, 0.05) is 5.92 Å². The molecule has 2 N–H and O–H groups in total. The number of alkyl halides is 3. The van der Waals surface area contributed by atoms with Crippen LogP contribution in [0.2, 0.25) is 0 Å². The maximum atomic E-state index is 13.1. The second-order valence-electron chi connectivity index (χ2n) is 6.17. The summed E-state index contributed by atoms with van der Waals surface area (Å²) in [4.78, 5) is -0.00386. The van der Waals surface area contributed by atoms with Crippen LogP contribution in [0.3, 0.4) is 0 Å². The van der Waals surface area contributed by atoms with E-state index in [-0.39, 0.29) is 23.3 Å². The smallest absolute Gasteiger partial charge is 0.420 e. The molecule has 4 nitrogen and oxygen atoms in total. The molecule has 3 rings (SSSR count). The molecule has 1 fully saturated rings. The highest BCUT2D eigenvalue weighted by Gasteiger charge is 2.40. The lowest BCUT2D eigenvalue weighted by atomic mass is 10.1. The molecular weight excluding hydrogens is 374 g/mol. The summed E-state index contributed by atoms with van der Waals surface area (Å²) in [5.74, 6) is -1.32. The third-order valence-electron chi connectivity index (χ3n) is 4.26.